The number of nitrogens with zero attached hydrogens (tertiary/aromatic N) is 4. The predicted octanol–water partition coefficient (Wildman–Crippen LogP) is 3.06. The maximum absolute atomic E-state index is 13.4. The van der Waals surface area contributed by atoms with E-state index in [1.165, 1.54) is 32.1 Å². The van der Waals surface area contributed by atoms with Crippen LogP contribution in [0, 0.1) is 5.41 Å². The van der Waals surface area contributed by atoms with E-state index < -0.39 is 0 Å². The monoisotopic (exact) mass is 371 g/mol. The van der Waals surface area contributed by atoms with Crippen LogP contribution < -0.4 is 5.32 Å². The summed E-state index contributed by atoms with van der Waals surface area (Å²) >= 11 is 0. The zero-order valence-corrected chi connectivity index (χ0v) is 16.6. The van der Waals surface area contributed by atoms with Crippen LogP contribution in [0.3, 0.4) is 0 Å². The summed E-state index contributed by atoms with van der Waals surface area (Å²) in [6.45, 7) is 6.57. The van der Waals surface area contributed by atoms with Crippen molar-refractivity contribution >= 4 is 11.9 Å². The fourth-order valence-electron chi connectivity index (χ4n) is 5.26. The van der Waals surface area contributed by atoms with Gasteiger partial charge < -0.3 is 10.2 Å². The second-order valence-corrected chi connectivity index (χ2v) is 8.58. The fraction of sp³-hybridized carbons (Fsp3) is 0.762. The Balaban J connectivity index is 1.39. The molecule has 1 spiro atoms. The van der Waals surface area contributed by atoms with Crippen molar-refractivity contribution in [3.8, 4) is 0 Å². The van der Waals surface area contributed by atoms with E-state index in [4.69, 9.17) is 0 Å². The molecule has 0 aromatic carbocycles. The van der Waals surface area contributed by atoms with Crippen LogP contribution in [0.25, 0.3) is 0 Å². The Labute approximate surface area is 162 Å². The van der Waals surface area contributed by atoms with Gasteiger partial charge in [-0.2, -0.15) is 0 Å². The molecular weight excluding hydrogens is 338 g/mol. The van der Waals surface area contributed by atoms with Gasteiger partial charge in [0.25, 0.3) is 0 Å². The first-order chi connectivity index (χ1) is 13.2. The molecule has 6 nitrogen and oxygen atoms in total. The SMILES string of the molecule is CCNc1ncc(CN2CC[C@]3(CCCN(C4CCCCC4)C3=O)C2)cn1. The first-order valence-electron chi connectivity index (χ1n) is 10.8. The first kappa shape index (κ1) is 18.7. The lowest BCUT2D eigenvalue weighted by Crippen LogP contribution is -2.54. The highest BCUT2D eigenvalue weighted by atomic mass is 16.2. The molecule has 2 aliphatic heterocycles. The maximum Gasteiger partial charge on any atom is 0.230 e. The number of hydrogen-bond acceptors (Lipinski definition) is 5. The molecule has 1 amide bonds. The highest BCUT2D eigenvalue weighted by Gasteiger charge is 2.49. The van der Waals surface area contributed by atoms with Crippen molar-refractivity contribution in [2.45, 2.75) is 70.9 Å². The van der Waals surface area contributed by atoms with E-state index in [0.29, 0.717) is 17.9 Å². The van der Waals surface area contributed by atoms with Crippen molar-refractivity contribution in [1.29, 1.82) is 0 Å². The summed E-state index contributed by atoms with van der Waals surface area (Å²) in [5.41, 5.74) is 0.987. The number of hydrogen-bond donors (Lipinski definition) is 1. The smallest absolute Gasteiger partial charge is 0.230 e. The van der Waals surface area contributed by atoms with E-state index in [1.807, 2.05) is 19.3 Å². The molecule has 1 aromatic heterocycles. The number of aromatic nitrogens is 2. The molecule has 3 heterocycles. The van der Waals surface area contributed by atoms with Gasteiger partial charge in [0.2, 0.25) is 11.9 Å². The summed E-state index contributed by atoms with van der Waals surface area (Å²) in [5, 5.41) is 3.13. The van der Waals surface area contributed by atoms with Crippen molar-refractivity contribution in [1.82, 2.24) is 19.8 Å². The van der Waals surface area contributed by atoms with Gasteiger partial charge in [-0.1, -0.05) is 19.3 Å². The van der Waals surface area contributed by atoms with Gasteiger partial charge in [0.05, 0.1) is 5.41 Å². The Morgan fingerprint density at radius 3 is 2.63 bits per heavy atom. The number of carbonyl (C=O) groups is 1. The predicted molar refractivity (Wildman–Crippen MR) is 106 cm³/mol. The van der Waals surface area contributed by atoms with Crippen LogP contribution in [0.1, 0.15) is 63.9 Å². The van der Waals surface area contributed by atoms with Gasteiger partial charge in [-0.25, -0.2) is 9.97 Å². The minimum Gasteiger partial charge on any atom is -0.355 e. The second-order valence-electron chi connectivity index (χ2n) is 8.58. The summed E-state index contributed by atoms with van der Waals surface area (Å²) in [6.07, 6.45) is 13.4. The molecule has 0 radical (unpaired) electrons. The lowest BCUT2D eigenvalue weighted by molar-refractivity contribution is -0.149. The standard InChI is InChI=1S/C21H33N5O/c1-2-22-20-23-13-17(14-24-20)15-25-12-10-21(16-25)9-6-11-26(19(21)27)18-7-4-3-5-8-18/h13-14,18H,2-12,15-16H2,1H3,(H,22,23,24)/t21-/m1/s1. The normalized spacial score (nSPS) is 27.4. The number of piperidine rings is 1. The highest BCUT2D eigenvalue weighted by Crippen LogP contribution is 2.42. The van der Waals surface area contributed by atoms with E-state index in [2.05, 4.69) is 25.1 Å². The molecule has 3 aliphatic rings. The lowest BCUT2D eigenvalue weighted by atomic mass is 9.77. The summed E-state index contributed by atoms with van der Waals surface area (Å²) in [6, 6.07) is 0.504. The fourth-order valence-corrected chi connectivity index (χ4v) is 5.26. The second kappa shape index (κ2) is 8.13. The number of nitrogens with one attached hydrogen (secondary N) is 1. The summed E-state index contributed by atoms with van der Waals surface area (Å²) in [5.74, 6) is 1.13. The van der Waals surface area contributed by atoms with Crippen LogP contribution >= 0.6 is 0 Å². The summed E-state index contributed by atoms with van der Waals surface area (Å²) < 4.78 is 0. The zero-order valence-electron chi connectivity index (χ0n) is 16.6. The molecule has 27 heavy (non-hydrogen) atoms. The average molecular weight is 372 g/mol. The number of likely N-dealkylation sites (tertiary alicyclic amines) is 2. The Morgan fingerprint density at radius 2 is 1.89 bits per heavy atom. The van der Waals surface area contributed by atoms with Gasteiger partial charge in [0.1, 0.15) is 0 Å². The van der Waals surface area contributed by atoms with Gasteiger partial charge in [0, 0.05) is 50.2 Å². The Kier molecular flexibility index (Phi) is 5.62. The molecule has 3 fully saturated rings. The number of rotatable bonds is 5. The minimum absolute atomic E-state index is 0.139. The average Bonchev–Trinajstić information content (AvgIpc) is 3.10. The van der Waals surface area contributed by atoms with Gasteiger partial charge in [-0.15, -0.1) is 0 Å². The Hall–Kier alpha value is -1.69. The zero-order chi connectivity index (χ0) is 18.7. The van der Waals surface area contributed by atoms with E-state index in [0.717, 1.165) is 57.5 Å². The molecule has 0 bridgehead atoms. The third kappa shape index (κ3) is 3.96. The highest BCUT2D eigenvalue weighted by molar-refractivity contribution is 5.84. The van der Waals surface area contributed by atoms with Crippen LogP contribution in [-0.4, -0.2) is 57.9 Å². The molecule has 4 rings (SSSR count). The largest absolute Gasteiger partial charge is 0.355 e. The lowest BCUT2D eigenvalue weighted by Gasteiger charge is -2.44. The number of amides is 1. The van der Waals surface area contributed by atoms with Crippen molar-refractivity contribution in [2.24, 2.45) is 5.41 Å². The van der Waals surface area contributed by atoms with Crippen LogP contribution in [0.15, 0.2) is 12.4 Å². The molecular formula is C21H33N5O. The number of anilines is 1. The molecule has 1 atom stereocenters. The van der Waals surface area contributed by atoms with Gasteiger partial charge in [-0.05, 0) is 45.6 Å². The third-order valence-electron chi connectivity index (χ3n) is 6.66. The number of carbonyl (C=O) groups excluding carboxylic acids is 1. The maximum atomic E-state index is 13.4. The van der Waals surface area contributed by atoms with Crippen LogP contribution in [-0.2, 0) is 11.3 Å². The molecule has 1 aromatic rings. The molecule has 2 saturated heterocycles. The van der Waals surface area contributed by atoms with Crippen LogP contribution in [0.2, 0.25) is 0 Å². The summed E-state index contributed by atoms with van der Waals surface area (Å²) in [7, 11) is 0. The topological polar surface area (TPSA) is 61.4 Å². The molecule has 1 N–H and O–H groups in total. The van der Waals surface area contributed by atoms with Crippen molar-refractivity contribution in [3.05, 3.63) is 18.0 Å². The molecule has 148 valence electrons. The van der Waals surface area contributed by atoms with Gasteiger partial charge in [0.15, 0.2) is 0 Å². The van der Waals surface area contributed by atoms with Crippen molar-refractivity contribution in [3.63, 3.8) is 0 Å². The Morgan fingerprint density at radius 1 is 1.11 bits per heavy atom. The Bertz CT molecular complexity index is 642. The van der Waals surface area contributed by atoms with E-state index in [1.54, 1.807) is 0 Å². The first-order valence-corrected chi connectivity index (χ1v) is 10.8. The van der Waals surface area contributed by atoms with Crippen LogP contribution in [0.4, 0.5) is 5.95 Å². The molecule has 1 saturated carbocycles. The van der Waals surface area contributed by atoms with E-state index in [9.17, 15) is 4.79 Å². The van der Waals surface area contributed by atoms with Crippen molar-refractivity contribution < 1.29 is 4.79 Å². The summed E-state index contributed by atoms with van der Waals surface area (Å²) in [4.78, 5) is 26.9. The molecule has 0 unspecified atom stereocenters. The van der Waals surface area contributed by atoms with Crippen LogP contribution in [0.5, 0.6) is 0 Å². The molecule has 1 aliphatic carbocycles. The molecule has 6 heteroatoms. The van der Waals surface area contributed by atoms with Gasteiger partial charge in [-0.3, -0.25) is 9.69 Å². The van der Waals surface area contributed by atoms with Crippen molar-refractivity contribution in [2.75, 3.05) is 31.5 Å². The van der Waals surface area contributed by atoms with Gasteiger partial charge >= 0.3 is 0 Å². The van der Waals surface area contributed by atoms with E-state index in [-0.39, 0.29) is 5.41 Å². The third-order valence-corrected chi connectivity index (χ3v) is 6.66. The minimum atomic E-state index is -0.139. The van der Waals surface area contributed by atoms with E-state index >= 15 is 0 Å². The quantitative estimate of drug-likeness (QED) is 0.862.